The largest absolute Gasteiger partial charge is 0.469 e. The van der Waals surface area contributed by atoms with Crippen molar-refractivity contribution in [3.8, 4) is 0 Å². The first-order valence-corrected chi connectivity index (χ1v) is 4.49. The number of hydrogen-bond donors (Lipinski definition) is 2. The Morgan fingerprint density at radius 3 is 1.60 bits per heavy atom. The van der Waals surface area contributed by atoms with E-state index in [1.165, 1.54) is 14.2 Å². The van der Waals surface area contributed by atoms with Gasteiger partial charge in [-0.1, -0.05) is 0 Å². The van der Waals surface area contributed by atoms with Crippen LogP contribution in [0.1, 0.15) is 19.3 Å². The number of ether oxygens (including phenoxy) is 2. The normalized spacial score (nSPS) is 14.1. The van der Waals surface area contributed by atoms with Crippen molar-refractivity contribution in [2.75, 3.05) is 14.2 Å². The van der Waals surface area contributed by atoms with E-state index in [0.29, 0.717) is 0 Å². The van der Waals surface area contributed by atoms with Gasteiger partial charge in [-0.3, -0.25) is 9.59 Å². The summed E-state index contributed by atoms with van der Waals surface area (Å²) in [5.74, 6) is -1.12. The van der Waals surface area contributed by atoms with Gasteiger partial charge in [-0.15, -0.1) is 0 Å². The van der Waals surface area contributed by atoms with Gasteiger partial charge in [0.05, 0.1) is 39.3 Å². The number of aliphatic hydroxyl groups excluding tert-OH is 2. The molecule has 0 aliphatic carbocycles. The van der Waals surface area contributed by atoms with Crippen LogP contribution in [0.5, 0.6) is 0 Å². The molecule has 6 heteroatoms. The van der Waals surface area contributed by atoms with Crippen molar-refractivity contribution in [1.29, 1.82) is 0 Å². The Balaban J connectivity index is 3.80. The number of carbonyl (C=O) groups is 2. The van der Waals surface area contributed by atoms with Crippen LogP contribution in [-0.2, 0) is 19.1 Å². The van der Waals surface area contributed by atoms with E-state index < -0.39 is 24.1 Å². The summed E-state index contributed by atoms with van der Waals surface area (Å²) in [5, 5.41) is 18.6. The van der Waals surface area contributed by atoms with Crippen LogP contribution in [0.2, 0.25) is 0 Å². The van der Waals surface area contributed by atoms with E-state index in [1.807, 2.05) is 0 Å². The summed E-state index contributed by atoms with van der Waals surface area (Å²) in [6.07, 6.45) is -2.50. The molecule has 0 unspecified atom stereocenters. The Morgan fingerprint density at radius 1 is 1.00 bits per heavy atom. The van der Waals surface area contributed by atoms with Crippen molar-refractivity contribution in [2.45, 2.75) is 31.5 Å². The molecule has 0 heterocycles. The minimum Gasteiger partial charge on any atom is -0.469 e. The first-order valence-electron chi connectivity index (χ1n) is 4.49. The lowest BCUT2D eigenvalue weighted by Crippen LogP contribution is -2.23. The molecule has 6 nitrogen and oxygen atoms in total. The molecule has 88 valence electrons. The van der Waals surface area contributed by atoms with Crippen molar-refractivity contribution in [2.24, 2.45) is 0 Å². The molecule has 2 N–H and O–H groups in total. The van der Waals surface area contributed by atoms with Crippen LogP contribution in [0.3, 0.4) is 0 Å². The molecule has 0 rings (SSSR count). The third-order valence-corrected chi connectivity index (χ3v) is 1.80. The zero-order valence-electron chi connectivity index (χ0n) is 8.80. The summed E-state index contributed by atoms with van der Waals surface area (Å²) >= 11 is 0. The zero-order chi connectivity index (χ0) is 11.8. The van der Waals surface area contributed by atoms with Gasteiger partial charge in [-0.05, 0) is 0 Å². The molecule has 0 saturated carbocycles. The second-order valence-corrected chi connectivity index (χ2v) is 3.10. The summed E-state index contributed by atoms with van der Waals surface area (Å²) < 4.78 is 8.67. The van der Waals surface area contributed by atoms with Gasteiger partial charge in [0.1, 0.15) is 0 Å². The molecule has 0 aromatic heterocycles. The van der Waals surface area contributed by atoms with Crippen LogP contribution in [0.4, 0.5) is 0 Å². The Labute approximate surface area is 87.8 Å². The molecule has 2 atom stereocenters. The smallest absolute Gasteiger partial charge is 0.308 e. The first kappa shape index (κ1) is 13.9. The number of methoxy groups -OCH3 is 2. The highest BCUT2D eigenvalue weighted by molar-refractivity contribution is 5.70. The van der Waals surface area contributed by atoms with Crippen LogP contribution in [0.25, 0.3) is 0 Å². The number of aliphatic hydroxyl groups is 2. The number of rotatable bonds is 6. The first-order chi connectivity index (χ1) is 6.99. The molecule has 0 radical (unpaired) electrons. The minimum atomic E-state index is -1.02. The molecule has 0 bridgehead atoms. The van der Waals surface area contributed by atoms with Crippen molar-refractivity contribution < 1.29 is 29.3 Å². The molecule has 0 aromatic carbocycles. The van der Waals surface area contributed by atoms with Crippen molar-refractivity contribution in [1.82, 2.24) is 0 Å². The van der Waals surface area contributed by atoms with Gasteiger partial charge in [0.15, 0.2) is 0 Å². The zero-order valence-corrected chi connectivity index (χ0v) is 8.80. The van der Waals surface area contributed by atoms with Gasteiger partial charge in [0.2, 0.25) is 0 Å². The second-order valence-electron chi connectivity index (χ2n) is 3.10. The van der Waals surface area contributed by atoms with Crippen LogP contribution in [0.15, 0.2) is 0 Å². The second kappa shape index (κ2) is 7.19. The average molecular weight is 220 g/mol. The summed E-state index contributed by atoms with van der Waals surface area (Å²) in [4.78, 5) is 21.5. The highest BCUT2D eigenvalue weighted by Crippen LogP contribution is 2.07. The summed E-state index contributed by atoms with van der Waals surface area (Å²) in [5.41, 5.74) is 0. The SMILES string of the molecule is COC(=O)C[C@@H](O)C[C@H](O)CC(=O)OC. The van der Waals surface area contributed by atoms with E-state index in [0.717, 1.165) is 0 Å². The maximum atomic E-state index is 10.7. The summed E-state index contributed by atoms with van der Waals surface area (Å²) in [6.45, 7) is 0. The molecule has 15 heavy (non-hydrogen) atoms. The fourth-order valence-electron chi connectivity index (χ4n) is 1.03. The highest BCUT2D eigenvalue weighted by Gasteiger charge is 2.18. The van der Waals surface area contributed by atoms with Crippen molar-refractivity contribution in [3.05, 3.63) is 0 Å². The fourth-order valence-corrected chi connectivity index (χ4v) is 1.03. The molecular weight excluding hydrogens is 204 g/mol. The maximum Gasteiger partial charge on any atom is 0.308 e. The summed E-state index contributed by atoms with van der Waals surface area (Å²) in [7, 11) is 2.42. The van der Waals surface area contributed by atoms with Gasteiger partial charge in [0, 0.05) is 6.42 Å². The van der Waals surface area contributed by atoms with E-state index in [-0.39, 0.29) is 19.3 Å². The monoisotopic (exact) mass is 220 g/mol. The Morgan fingerprint density at radius 2 is 1.33 bits per heavy atom. The molecule has 0 aliphatic heterocycles. The predicted molar refractivity (Wildman–Crippen MR) is 49.9 cm³/mol. The molecular formula is C9H16O6. The van der Waals surface area contributed by atoms with Crippen molar-refractivity contribution in [3.63, 3.8) is 0 Å². The van der Waals surface area contributed by atoms with Crippen molar-refractivity contribution >= 4 is 11.9 Å². The Hall–Kier alpha value is -1.14. The number of esters is 2. The van der Waals surface area contributed by atoms with Gasteiger partial charge in [-0.2, -0.15) is 0 Å². The van der Waals surface area contributed by atoms with Crippen LogP contribution in [0, 0.1) is 0 Å². The standard InChI is InChI=1S/C9H16O6/c1-14-8(12)4-6(10)3-7(11)5-9(13)15-2/h6-7,10-11H,3-5H2,1-2H3/t6-,7-/m0/s1. The fraction of sp³-hybridized carbons (Fsp3) is 0.778. The van der Waals surface area contributed by atoms with Gasteiger partial charge in [0.25, 0.3) is 0 Å². The van der Waals surface area contributed by atoms with Gasteiger partial charge in [-0.25, -0.2) is 0 Å². The lowest BCUT2D eigenvalue weighted by Gasteiger charge is -2.13. The molecule has 0 aromatic rings. The lowest BCUT2D eigenvalue weighted by molar-refractivity contribution is -0.143. The average Bonchev–Trinajstić information content (AvgIpc) is 2.16. The molecule has 0 aliphatic rings. The van der Waals surface area contributed by atoms with E-state index in [2.05, 4.69) is 9.47 Å². The van der Waals surface area contributed by atoms with E-state index >= 15 is 0 Å². The Bertz CT molecular complexity index is 193. The molecule has 0 amide bonds. The lowest BCUT2D eigenvalue weighted by atomic mass is 10.1. The molecule has 0 spiro atoms. The minimum absolute atomic E-state index is 0.0653. The Kier molecular flexibility index (Phi) is 6.64. The quantitative estimate of drug-likeness (QED) is 0.571. The van der Waals surface area contributed by atoms with E-state index in [4.69, 9.17) is 0 Å². The van der Waals surface area contributed by atoms with Crippen LogP contribution >= 0.6 is 0 Å². The van der Waals surface area contributed by atoms with Gasteiger partial charge < -0.3 is 19.7 Å². The predicted octanol–water partition coefficient (Wildman–Crippen LogP) is -0.776. The van der Waals surface area contributed by atoms with Crippen LogP contribution in [-0.4, -0.2) is 48.6 Å². The maximum absolute atomic E-state index is 10.7. The number of carbonyl (C=O) groups excluding carboxylic acids is 2. The number of hydrogen-bond acceptors (Lipinski definition) is 6. The third kappa shape index (κ3) is 6.87. The highest BCUT2D eigenvalue weighted by atomic mass is 16.5. The third-order valence-electron chi connectivity index (χ3n) is 1.80. The summed E-state index contributed by atoms with van der Waals surface area (Å²) in [6, 6.07) is 0. The van der Waals surface area contributed by atoms with E-state index in [1.54, 1.807) is 0 Å². The molecule has 0 fully saturated rings. The van der Waals surface area contributed by atoms with Gasteiger partial charge >= 0.3 is 11.9 Å². The van der Waals surface area contributed by atoms with Crippen LogP contribution < -0.4 is 0 Å². The van der Waals surface area contributed by atoms with E-state index in [9.17, 15) is 19.8 Å². The molecule has 0 saturated heterocycles. The topological polar surface area (TPSA) is 93.1 Å².